The Hall–Kier alpha value is -3.32. The van der Waals surface area contributed by atoms with Gasteiger partial charge in [0.1, 0.15) is 5.75 Å². The number of carbonyl (C=O) groups is 2. The lowest BCUT2D eigenvalue weighted by atomic mass is 10.1. The van der Waals surface area contributed by atoms with Crippen LogP contribution in [-0.2, 0) is 0 Å². The maximum atomic E-state index is 12.4. The molecule has 0 spiro atoms. The highest BCUT2D eigenvalue weighted by Crippen LogP contribution is 2.31. The monoisotopic (exact) mass is 453 g/mol. The molecule has 3 N–H and O–H groups in total. The van der Waals surface area contributed by atoms with Crippen molar-refractivity contribution in [2.24, 2.45) is 0 Å². The molecule has 0 unspecified atom stereocenters. The molecule has 0 saturated heterocycles. The van der Waals surface area contributed by atoms with E-state index in [1.165, 1.54) is 7.11 Å². The van der Waals surface area contributed by atoms with Gasteiger partial charge in [-0.1, -0.05) is 40.2 Å². The van der Waals surface area contributed by atoms with Crippen molar-refractivity contribution >= 4 is 44.9 Å². The van der Waals surface area contributed by atoms with E-state index < -0.39 is 6.03 Å². The van der Waals surface area contributed by atoms with Crippen molar-refractivity contribution in [1.82, 2.24) is 0 Å². The Labute approximate surface area is 177 Å². The van der Waals surface area contributed by atoms with Crippen molar-refractivity contribution in [3.63, 3.8) is 0 Å². The Bertz CT molecular complexity index is 1040. The molecule has 3 aromatic carbocycles. The van der Waals surface area contributed by atoms with Gasteiger partial charge in [0.2, 0.25) is 0 Å². The van der Waals surface area contributed by atoms with E-state index in [0.717, 1.165) is 10.0 Å². The summed E-state index contributed by atoms with van der Waals surface area (Å²) in [5.41, 5.74) is 3.09. The highest BCUT2D eigenvalue weighted by Gasteiger charge is 2.14. The fraction of sp³-hybridized carbons (Fsp3) is 0.0909. The summed E-state index contributed by atoms with van der Waals surface area (Å²) in [5.74, 6) is 0.215. The summed E-state index contributed by atoms with van der Waals surface area (Å²) in [6, 6.07) is 19.3. The van der Waals surface area contributed by atoms with E-state index in [2.05, 4.69) is 31.9 Å². The molecule has 0 radical (unpaired) electrons. The number of benzene rings is 3. The number of carbonyl (C=O) groups excluding carboxylic acids is 2. The Morgan fingerprint density at radius 2 is 1.62 bits per heavy atom. The molecule has 3 aromatic rings. The molecule has 0 bridgehead atoms. The first-order valence-corrected chi connectivity index (χ1v) is 9.64. The van der Waals surface area contributed by atoms with Gasteiger partial charge in [-0.3, -0.25) is 4.79 Å². The van der Waals surface area contributed by atoms with Gasteiger partial charge in [-0.05, 0) is 48.9 Å². The smallest absolute Gasteiger partial charge is 0.323 e. The van der Waals surface area contributed by atoms with Crippen LogP contribution in [0.15, 0.2) is 71.2 Å². The zero-order valence-electron chi connectivity index (χ0n) is 16.0. The molecule has 3 rings (SSSR count). The summed E-state index contributed by atoms with van der Waals surface area (Å²) in [4.78, 5) is 24.8. The fourth-order valence-electron chi connectivity index (χ4n) is 2.72. The first-order chi connectivity index (χ1) is 14.0. The van der Waals surface area contributed by atoms with E-state index in [9.17, 15) is 9.59 Å². The van der Waals surface area contributed by atoms with Gasteiger partial charge in [0, 0.05) is 27.5 Å². The van der Waals surface area contributed by atoms with Crippen molar-refractivity contribution in [2.75, 3.05) is 23.1 Å². The zero-order valence-corrected chi connectivity index (χ0v) is 17.5. The molecular weight excluding hydrogens is 434 g/mol. The lowest BCUT2D eigenvalue weighted by molar-refractivity contribution is 0.102. The van der Waals surface area contributed by atoms with E-state index >= 15 is 0 Å². The van der Waals surface area contributed by atoms with Crippen molar-refractivity contribution in [3.8, 4) is 5.75 Å². The van der Waals surface area contributed by atoms with Crippen LogP contribution >= 0.6 is 15.9 Å². The molecule has 0 aliphatic heterocycles. The van der Waals surface area contributed by atoms with Crippen LogP contribution in [0.2, 0.25) is 0 Å². The van der Waals surface area contributed by atoms with Crippen LogP contribution < -0.4 is 20.7 Å². The van der Waals surface area contributed by atoms with Crippen LogP contribution in [0, 0.1) is 6.92 Å². The average molecular weight is 454 g/mol. The van der Waals surface area contributed by atoms with Gasteiger partial charge in [0.15, 0.2) is 0 Å². The second-order valence-corrected chi connectivity index (χ2v) is 7.19. The lowest BCUT2D eigenvalue weighted by Gasteiger charge is -2.16. The van der Waals surface area contributed by atoms with E-state index in [0.29, 0.717) is 28.4 Å². The molecule has 148 valence electrons. The van der Waals surface area contributed by atoms with Gasteiger partial charge >= 0.3 is 6.03 Å². The minimum Gasteiger partial charge on any atom is -0.494 e. The quantitative estimate of drug-likeness (QED) is 0.465. The predicted molar refractivity (Wildman–Crippen MR) is 119 cm³/mol. The average Bonchev–Trinajstić information content (AvgIpc) is 2.70. The standard InChI is InChI=1S/C22H20BrN3O3/c1-14-11-19(26-22(28)24-17-10-6-9-16(23)12-17)20(29-2)13-18(14)25-21(27)15-7-4-3-5-8-15/h3-13H,1-2H3,(H,25,27)(H2,24,26,28). The largest absolute Gasteiger partial charge is 0.494 e. The normalized spacial score (nSPS) is 10.2. The number of aryl methyl sites for hydroxylation is 1. The molecule has 6 nitrogen and oxygen atoms in total. The third-order valence-electron chi connectivity index (χ3n) is 4.16. The Kier molecular flexibility index (Phi) is 6.51. The molecule has 0 atom stereocenters. The summed E-state index contributed by atoms with van der Waals surface area (Å²) >= 11 is 3.37. The molecular formula is C22H20BrN3O3. The number of hydrogen-bond acceptors (Lipinski definition) is 3. The number of urea groups is 1. The van der Waals surface area contributed by atoms with Gasteiger partial charge in [-0.2, -0.15) is 0 Å². The third-order valence-corrected chi connectivity index (χ3v) is 4.65. The zero-order chi connectivity index (χ0) is 20.8. The minimum atomic E-state index is -0.401. The summed E-state index contributed by atoms with van der Waals surface area (Å²) in [5, 5.41) is 8.42. The van der Waals surface area contributed by atoms with E-state index in [-0.39, 0.29) is 5.91 Å². The number of ether oxygens (including phenoxy) is 1. The van der Waals surface area contributed by atoms with Gasteiger partial charge in [-0.25, -0.2) is 4.79 Å². The van der Waals surface area contributed by atoms with Crippen LogP contribution in [-0.4, -0.2) is 19.0 Å². The second-order valence-electron chi connectivity index (χ2n) is 6.28. The Morgan fingerprint density at radius 1 is 0.862 bits per heavy atom. The Balaban J connectivity index is 1.75. The van der Waals surface area contributed by atoms with Crippen molar-refractivity contribution < 1.29 is 14.3 Å². The number of amides is 3. The molecule has 0 fully saturated rings. The van der Waals surface area contributed by atoms with Gasteiger partial charge in [0.05, 0.1) is 12.8 Å². The maximum Gasteiger partial charge on any atom is 0.323 e. The topological polar surface area (TPSA) is 79.5 Å². The van der Waals surface area contributed by atoms with E-state index in [1.54, 1.807) is 48.5 Å². The first-order valence-electron chi connectivity index (χ1n) is 8.85. The number of rotatable bonds is 5. The van der Waals surface area contributed by atoms with Crippen molar-refractivity contribution in [3.05, 3.63) is 82.3 Å². The third kappa shape index (κ3) is 5.36. The summed E-state index contributed by atoms with van der Waals surface area (Å²) < 4.78 is 6.26. The highest BCUT2D eigenvalue weighted by atomic mass is 79.9. The predicted octanol–water partition coefficient (Wildman–Crippen LogP) is 5.66. The van der Waals surface area contributed by atoms with Crippen molar-refractivity contribution in [1.29, 1.82) is 0 Å². The summed E-state index contributed by atoms with van der Waals surface area (Å²) in [6.45, 7) is 1.84. The summed E-state index contributed by atoms with van der Waals surface area (Å²) in [7, 11) is 1.50. The highest BCUT2D eigenvalue weighted by molar-refractivity contribution is 9.10. The lowest BCUT2D eigenvalue weighted by Crippen LogP contribution is -2.20. The molecule has 29 heavy (non-hydrogen) atoms. The SMILES string of the molecule is COc1cc(NC(=O)c2ccccc2)c(C)cc1NC(=O)Nc1cccc(Br)c1. The molecule has 7 heteroatoms. The number of hydrogen-bond donors (Lipinski definition) is 3. The van der Waals surface area contributed by atoms with Crippen LogP contribution in [0.25, 0.3) is 0 Å². The number of methoxy groups -OCH3 is 1. The molecule has 0 aromatic heterocycles. The van der Waals surface area contributed by atoms with Gasteiger partial charge in [0.25, 0.3) is 5.91 Å². The molecule has 0 aliphatic rings. The fourth-order valence-corrected chi connectivity index (χ4v) is 3.12. The minimum absolute atomic E-state index is 0.219. The number of halogens is 1. The van der Waals surface area contributed by atoms with Crippen LogP contribution in [0.3, 0.4) is 0 Å². The molecule has 3 amide bonds. The van der Waals surface area contributed by atoms with E-state index in [4.69, 9.17) is 4.74 Å². The summed E-state index contributed by atoms with van der Waals surface area (Å²) in [6.07, 6.45) is 0. The van der Waals surface area contributed by atoms with E-state index in [1.807, 2.05) is 25.1 Å². The number of nitrogens with one attached hydrogen (secondary N) is 3. The maximum absolute atomic E-state index is 12.4. The van der Waals surface area contributed by atoms with Crippen LogP contribution in [0.5, 0.6) is 5.75 Å². The van der Waals surface area contributed by atoms with Crippen LogP contribution in [0.4, 0.5) is 21.9 Å². The van der Waals surface area contributed by atoms with Crippen molar-refractivity contribution in [2.45, 2.75) is 6.92 Å². The molecule has 0 saturated carbocycles. The van der Waals surface area contributed by atoms with Gasteiger partial charge < -0.3 is 20.7 Å². The number of anilines is 3. The van der Waals surface area contributed by atoms with Crippen LogP contribution in [0.1, 0.15) is 15.9 Å². The molecule has 0 heterocycles. The first kappa shape index (κ1) is 20.4. The molecule has 0 aliphatic carbocycles. The second kappa shape index (κ2) is 9.25. The Morgan fingerprint density at radius 3 is 2.31 bits per heavy atom. The van der Waals surface area contributed by atoms with Gasteiger partial charge in [-0.15, -0.1) is 0 Å².